The Bertz CT molecular complexity index is 327. The van der Waals surface area contributed by atoms with Gasteiger partial charge in [0.2, 0.25) is 0 Å². The number of carbonyl (C=O) groups is 1. The van der Waals surface area contributed by atoms with E-state index in [1.165, 1.54) is 20.3 Å². The van der Waals surface area contributed by atoms with Crippen molar-refractivity contribution in [1.29, 1.82) is 0 Å². The van der Waals surface area contributed by atoms with Gasteiger partial charge in [-0.2, -0.15) is 0 Å². The molecule has 0 aromatic carbocycles. The molecule has 0 spiro atoms. The first-order valence-corrected chi connectivity index (χ1v) is 3.48. The van der Waals surface area contributed by atoms with E-state index in [1.54, 1.807) is 0 Å². The highest BCUT2D eigenvalue weighted by Gasteiger charge is 2.11. The molecule has 1 aromatic rings. The smallest absolute Gasteiger partial charge is 0.356 e. The molecule has 5 heteroatoms. The molecule has 0 aliphatic carbocycles. The SMILES string of the molecule is COC(=O)c1ccc(F)c(OC)n1. The van der Waals surface area contributed by atoms with Crippen LogP contribution in [0.15, 0.2) is 12.1 Å². The van der Waals surface area contributed by atoms with Crippen LogP contribution in [0, 0.1) is 5.82 Å². The average Bonchev–Trinajstić information content (AvgIpc) is 2.17. The maximum absolute atomic E-state index is 12.8. The Morgan fingerprint density at radius 3 is 2.69 bits per heavy atom. The fourth-order valence-corrected chi connectivity index (χ4v) is 0.785. The van der Waals surface area contributed by atoms with Crippen LogP contribution in [0.2, 0.25) is 0 Å². The van der Waals surface area contributed by atoms with Gasteiger partial charge in [-0.25, -0.2) is 14.2 Å². The summed E-state index contributed by atoms with van der Waals surface area (Å²) in [6, 6.07) is 2.32. The van der Waals surface area contributed by atoms with Crippen molar-refractivity contribution in [3.8, 4) is 5.88 Å². The number of methoxy groups -OCH3 is 2. The van der Waals surface area contributed by atoms with Gasteiger partial charge in [-0.05, 0) is 12.1 Å². The summed E-state index contributed by atoms with van der Waals surface area (Å²) in [6.07, 6.45) is 0. The van der Waals surface area contributed by atoms with E-state index in [9.17, 15) is 9.18 Å². The van der Waals surface area contributed by atoms with Gasteiger partial charge in [0.05, 0.1) is 14.2 Å². The Labute approximate surface area is 74.3 Å². The van der Waals surface area contributed by atoms with Crippen molar-refractivity contribution in [2.45, 2.75) is 0 Å². The highest BCUT2D eigenvalue weighted by Crippen LogP contribution is 2.13. The summed E-state index contributed by atoms with van der Waals surface area (Å²) in [7, 11) is 2.49. The zero-order chi connectivity index (χ0) is 9.84. The molecule has 1 aromatic heterocycles. The molecule has 0 bridgehead atoms. The Kier molecular flexibility index (Phi) is 2.79. The third-order valence-electron chi connectivity index (χ3n) is 1.40. The molecule has 13 heavy (non-hydrogen) atoms. The number of esters is 1. The van der Waals surface area contributed by atoms with Crippen LogP contribution in [-0.2, 0) is 4.74 Å². The van der Waals surface area contributed by atoms with Gasteiger partial charge < -0.3 is 9.47 Å². The van der Waals surface area contributed by atoms with Crippen LogP contribution in [0.4, 0.5) is 4.39 Å². The molecule has 0 atom stereocenters. The predicted molar refractivity (Wildman–Crippen MR) is 42.1 cm³/mol. The number of carbonyl (C=O) groups excluding carboxylic acids is 1. The molecule has 1 heterocycles. The van der Waals surface area contributed by atoms with Gasteiger partial charge in [-0.15, -0.1) is 0 Å². The lowest BCUT2D eigenvalue weighted by molar-refractivity contribution is 0.0593. The molecule has 0 amide bonds. The van der Waals surface area contributed by atoms with Gasteiger partial charge in [0, 0.05) is 0 Å². The first kappa shape index (κ1) is 9.44. The van der Waals surface area contributed by atoms with Crippen LogP contribution in [-0.4, -0.2) is 25.2 Å². The van der Waals surface area contributed by atoms with Gasteiger partial charge in [-0.1, -0.05) is 0 Å². The molecule has 70 valence electrons. The summed E-state index contributed by atoms with van der Waals surface area (Å²) in [4.78, 5) is 14.5. The van der Waals surface area contributed by atoms with E-state index in [1.807, 2.05) is 0 Å². The summed E-state index contributed by atoms with van der Waals surface area (Å²) in [5.74, 6) is -1.46. The maximum atomic E-state index is 12.8. The van der Waals surface area contributed by atoms with Crippen LogP contribution in [0.25, 0.3) is 0 Å². The number of aromatic nitrogens is 1. The summed E-state index contributed by atoms with van der Waals surface area (Å²) >= 11 is 0. The number of ether oxygens (including phenoxy) is 2. The monoisotopic (exact) mass is 185 g/mol. The number of nitrogens with zero attached hydrogens (tertiary/aromatic N) is 1. The number of hydrogen-bond donors (Lipinski definition) is 0. The topological polar surface area (TPSA) is 48.4 Å². The van der Waals surface area contributed by atoms with Crippen molar-refractivity contribution in [2.24, 2.45) is 0 Å². The second-order valence-electron chi connectivity index (χ2n) is 2.18. The van der Waals surface area contributed by atoms with Crippen LogP contribution < -0.4 is 4.74 Å². The standard InChI is InChI=1S/C8H8FNO3/c1-12-7-5(9)3-4-6(10-7)8(11)13-2/h3-4H,1-2H3. The van der Waals surface area contributed by atoms with E-state index < -0.39 is 11.8 Å². The minimum Gasteiger partial charge on any atom is -0.479 e. The van der Waals surface area contributed by atoms with Gasteiger partial charge in [0.25, 0.3) is 5.88 Å². The largest absolute Gasteiger partial charge is 0.479 e. The third kappa shape index (κ3) is 1.93. The minimum atomic E-state index is -0.627. The predicted octanol–water partition coefficient (Wildman–Crippen LogP) is 1.02. The van der Waals surface area contributed by atoms with Crippen molar-refractivity contribution < 1.29 is 18.7 Å². The highest BCUT2D eigenvalue weighted by atomic mass is 19.1. The maximum Gasteiger partial charge on any atom is 0.356 e. The van der Waals surface area contributed by atoms with E-state index in [-0.39, 0.29) is 11.6 Å². The Balaban J connectivity index is 3.06. The second kappa shape index (κ2) is 3.84. The zero-order valence-corrected chi connectivity index (χ0v) is 7.20. The summed E-state index contributed by atoms with van der Waals surface area (Å²) in [5.41, 5.74) is 0.0146. The van der Waals surface area contributed by atoms with Crippen LogP contribution in [0.1, 0.15) is 10.5 Å². The average molecular weight is 185 g/mol. The quantitative estimate of drug-likeness (QED) is 0.645. The Morgan fingerprint density at radius 2 is 2.15 bits per heavy atom. The van der Waals surface area contributed by atoms with Crippen molar-refractivity contribution >= 4 is 5.97 Å². The Morgan fingerprint density at radius 1 is 1.46 bits per heavy atom. The lowest BCUT2D eigenvalue weighted by atomic mass is 10.3. The summed E-state index contributed by atoms with van der Waals surface area (Å²) < 4.78 is 21.8. The molecule has 0 saturated carbocycles. The molecule has 0 unspecified atom stereocenters. The fraction of sp³-hybridized carbons (Fsp3) is 0.250. The molecule has 0 radical (unpaired) electrons. The van der Waals surface area contributed by atoms with Crippen LogP contribution >= 0.6 is 0 Å². The second-order valence-corrected chi connectivity index (χ2v) is 2.18. The zero-order valence-electron chi connectivity index (χ0n) is 7.20. The van der Waals surface area contributed by atoms with Gasteiger partial charge in [0.15, 0.2) is 11.5 Å². The van der Waals surface area contributed by atoms with E-state index in [0.29, 0.717) is 0 Å². The number of rotatable bonds is 2. The highest BCUT2D eigenvalue weighted by molar-refractivity contribution is 5.87. The normalized spacial score (nSPS) is 9.46. The van der Waals surface area contributed by atoms with E-state index in [4.69, 9.17) is 0 Å². The van der Waals surface area contributed by atoms with Gasteiger partial charge in [0.1, 0.15) is 0 Å². The van der Waals surface area contributed by atoms with Crippen LogP contribution in [0.5, 0.6) is 5.88 Å². The van der Waals surface area contributed by atoms with Crippen molar-refractivity contribution in [2.75, 3.05) is 14.2 Å². The van der Waals surface area contributed by atoms with Crippen molar-refractivity contribution in [1.82, 2.24) is 4.98 Å². The molecular weight excluding hydrogens is 177 g/mol. The summed E-state index contributed by atoms with van der Waals surface area (Å²) in [6.45, 7) is 0. The molecule has 4 nitrogen and oxygen atoms in total. The third-order valence-corrected chi connectivity index (χ3v) is 1.40. The lowest BCUT2D eigenvalue weighted by Crippen LogP contribution is -2.05. The fourth-order valence-electron chi connectivity index (χ4n) is 0.785. The van der Waals surface area contributed by atoms with Crippen LogP contribution in [0.3, 0.4) is 0 Å². The minimum absolute atomic E-state index is 0.0146. The molecule has 0 fully saturated rings. The number of halogens is 1. The molecule has 0 aliphatic rings. The number of pyridine rings is 1. The van der Waals surface area contributed by atoms with E-state index in [0.717, 1.165) is 6.07 Å². The number of hydrogen-bond acceptors (Lipinski definition) is 4. The molecule has 1 rings (SSSR count). The summed E-state index contributed by atoms with van der Waals surface area (Å²) in [5, 5.41) is 0. The lowest BCUT2D eigenvalue weighted by Gasteiger charge is -2.02. The Hall–Kier alpha value is -1.65. The van der Waals surface area contributed by atoms with Gasteiger partial charge >= 0.3 is 5.97 Å². The molecule has 0 aliphatic heterocycles. The first-order valence-electron chi connectivity index (χ1n) is 3.48. The first-order chi connectivity index (χ1) is 6.19. The molecule has 0 saturated heterocycles. The van der Waals surface area contributed by atoms with Gasteiger partial charge in [-0.3, -0.25) is 0 Å². The van der Waals surface area contributed by atoms with E-state index in [2.05, 4.69) is 14.5 Å². The van der Waals surface area contributed by atoms with Crippen molar-refractivity contribution in [3.05, 3.63) is 23.6 Å². The van der Waals surface area contributed by atoms with Crippen molar-refractivity contribution in [3.63, 3.8) is 0 Å². The molecule has 0 N–H and O–H groups in total. The molecular formula is C8H8FNO3. The van der Waals surface area contributed by atoms with E-state index >= 15 is 0 Å².